The molecule has 0 saturated carbocycles. The molecule has 1 aromatic rings. The molecule has 0 aliphatic rings. The summed E-state index contributed by atoms with van der Waals surface area (Å²) in [5.41, 5.74) is 1.05. The fraction of sp³-hybridized carbons (Fsp3) is 0.500. The summed E-state index contributed by atoms with van der Waals surface area (Å²) < 4.78 is 10.9. The first-order chi connectivity index (χ1) is 9.56. The lowest BCUT2D eigenvalue weighted by atomic mass is 10.2. The summed E-state index contributed by atoms with van der Waals surface area (Å²) in [6.07, 6.45) is 3.42. The summed E-state index contributed by atoms with van der Waals surface area (Å²) in [7, 11) is 1.61. The molecule has 4 heteroatoms. The summed E-state index contributed by atoms with van der Waals surface area (Å²) in [6, 6.07) is 6.07. The third-order valence-electron chi connectivity index (χ3n) is 2.74. The highest BCUT2D eigenvalue weighted by Gasteiger charge is 2.09. The van der Waals surface area contributed by atoms with Crippen LogP contribution in [0, 0.1) is 0 Å². The fourth-order valence-corrected chi connectivity index (χ4v) is 1.72. The van der Waals surface area contributed by atoms with Crippen LogP contribution in [-0.2, 0) is 0 Å². The van der Waals surface area contributed by atoms with Gasteiger partial charge in [-0.05, 0) is 24.6 Å². The highest BCUT2D eigenvalue weighted by Crippen LogP contribution is 2.28. The molecule has 2 N–H and O–H groups in total. The molecule has 0 aliphatic carbocycles. The highest BCUT2D eigenvalue weighted by atomic mass is 16.5. The molecule has 0 aromatic heterocycles. The number of aliphatic hydroxyl groups is 1. The van der Waals surface area contributed by atoms with Gasteiger partial charge < -0.3 is 19.9 Å². The zero-order chi connectivity index (χ0) is 15.0. The third-order valence-corrected chi connectivity index (χ3v) is 2.74. The van der Waals surface area contributed by atoms with Crippen molar-refractivity contribution in [3.63, 3.8) is 0 Å². The maximum Gasteiger partial charge on any atom is 0.161 e. The van der Waals surface area contributed by atoms with Gasteiger partial charge in [0.25, 0.3) is 0 Å². The molecule has 112 valence electrons. The Bertz CT molecular complexity index is 430. The van der Waals surface area contributed by atoms with Crippen molar-refractivity contribution in [2.75, 3.05) is 20.3 Å². The van der Waals surface area contributed by atoms with Gasteiger partial charge in [-0.2, -0.15) is 0 Å². The van der Waals surface area contributed by atoms with Crippen molar-refractivity contribution in [2.24, 2.45) is 0 Å². The van der Waals surface area contributed by atoms with Crippen molar-refractivity contribution in [1.29, 1.82) is 0 Å². The summed E-state index contributed by atoms with van der Waals surface area (Å²) in [4.78, 5) is 0. The molecule has 0 spiro atoms. The predicted octanol–water partition coefficient (Wildman–Crippen LogP) is 2.47. The Morgan fingerprint density at radius 2 is 2.05 bits per heavy atom. The second-order valence-electron chi connectivity index (χ2n) is 4.94. The molecular formula is C16H25NO3. The lowest BCUT2D eigenvalue weighted by Gasteiger charge is -2.16. The van der Waals surface area contributed by atoms with Crippen LogP contribution in [0.2, 0.25) is 0 Å². The molecule has 1 aromatic carbocycles. The Hall–Kier alpha value is -1.52. The van der Waals surface area contributed by atoms with E-state index in [1.165, 1.54) is 0 Å². The van der Waals surface area contributed by atoms with Crippen molar-refractivity contribution >= 4 is 6.08 Å². The standard InChI is InChI=1S/C16H25NO3/c1-5-6-13-7-8-15(16(9-13)19-4)20-11-14(18)10-17-12(2)3/h5-9,12,14,17-18H,10-11H2,1-4H3/b6-5+/t14-/m0/s1. The maximum absolute atomic E-state index is 9.82. The number of methoxy groups -OCH3 is 1. The van der Waals surface area contributed by atoms with Crippen LogP contribution < -0.4 is 14.8 Å². The Kier molecular flexibility index (Phi) is 7.12. The van der Waals surface area contributed by atoms with E-state index in [0.29, 0.717) is 24.1 Å². The van der Waals surface area contributed by atoms with E-state index in [9.17, 15) is 5.11 Å². The molecule has 1 atom stereocenters. The van der Waals surface area contributed by atoms with Crippen LogP contribution in [0.5, 0.6) is 11.5 Å². The second kappa shape index (κ2) is 8.61. The van der Waals surface area contributed by atoms with Gasteiger partial charge in [-0.1, -0.05) is 32.1 Å². The van der Waals surface area contributed by atoms with Crippen LogP contribution in [0.1, 0.15) is 26.3 Å². The Morgan fingerprint density at radius 3 is 2.65 bits per heavy atom. The quantitative estimate of drug-likeness (QED) is 0.767. The number of benzene rings is 1. The van der Waals surface area contributed by atoms with Crippen LogP contribution in [0.3, 0.4) is 0 Å². The number of aliphatic hydroxyl groups excluding tert-OH is 1. The average molecular weight is 279 g/mol. The van der Waals surface area contributed by atoms with E-state index in [4.69, 9.17) is 9.47 Å². The molecule has 0 aliphatic heterocycles. The van der Waals surface area contributed by atoms with Crippen molar-refractivity contribution in [3.05, 3.63) is 29.8 Å². The molecule has 0 bridgehead atoms. The molecule has 4 nitrogen and oxygen atoms in total. The van der Waals surface area contributed by atoms with E-state index in [-0.39, 0.29) is 6.61 Å². The van der Waals surface area contributed by atoms with E-state index in [1.54, 1.807) is 7.11 Å². The first-order valence-corrected chi connectivity index (χ1v) is 6.91. The van der Waals surface area contributed by atoms with Crippen LogP contribution in [0.25, 0.3) is 6.08 Å². The molecule has 0 saturated heterocycles. The highest BCUT2D eigenvalue weighted by molar-refractivity contribution is 5.55. The van der Waals surface area contributed by atoms with Crippen LogP contribution >= 0.6 is 0 Å². The monoisotopic (exact) mass is 279 g/mol. The maximum atomic E-state index is 9.82. The van der Waals surface area contributed by atoms with E-state index < -0.39 is 6.10 Å². The molecule has 0 radical (unpaired) electrons. The van der Waals surface area contributed by atoms with Gasteiger partial charge in [-0.3, -0.25) is 0 Å². The van der Waals surface area contributed by atoms with Crippen molar-refractivity contribution < 1.29 is 14.6 Å². The largest absolute Gasteiger partial charge is 0.493 e. The Balaban J connectivity index is 2.58. The summed E-state index contributed by atoms with van der Waals surface area (Å²) in [5, 5.41) is 13.0. The molecule has 0 unspecified atom stereocenters. The van der Waals surface area contributed by atoms with E-state index in [2.05, 4.69) is 5.32 Å². The summed E-state index contributed by atoms with van der Waals surface area (Å²) >= 11 is 0. The number of hydrogen-bond acceptors (Lipinski definition) is 4. The molecule has 0 heterocycles. The zero-order valence-corrected chi connectivity index (χ0v) is 12.7. The third kappa shape index (κ3) is 5.63. The van der Waals surface area contributed by atoms with E-state index in [0.717, 1.165) is 5.56 Å². The molecule has 1 rings (SSSR count). The minimum Gasteiger partial charge on any atom is -0.493 e. The Morgan fingerprint density at radius 1 is 1.30 bits per heavy atom. The van der Waals surface area contributed by atoms with E-state index >= 15 is 0 Å². The smallest absolute Gasteiger partial charge is 0.161 e. The van der Waals surface area contributed by atoms with Gasteiger partial charge in [0, 0.05) is 12.6 Å². The number of nitrogens with one attached hydrogen (secondary N) is 1. The molecule has 20 heavy (non-hydrogen) atoms. The molecule has 0 fully saturated rings. The Labute approximate surface area is 121 Å². The number of allylic oxidation sites excluding steroid dienone is 1. The number of hydrogen-bond donors (Lipinski definition) is 2. The van der Waals surface area contributed by atoms with Crippen LogP contribution in [-0.4, -0.2) is 37.5 Å². The lowest BCUT2D eigenvalue weighted by molar-refractivity contribution is 0.103. The lowest BCUT2D eigenvalue weighted by Crippen LogP contribution is -2.35. The van der Waals surface area contributed by atoms with Gasteiger partial charge in [0.1, 0.15) is 12.7 Å². The van der Waals surface area contributed by atoms with Gasteiger partial charge >= 0.3 is 0 Å². The van der Waals surface area contributed by atoms with Crippen molar-refractivity contribution in [2.45, 2.75) is 32.9 Å². The number of ether oxygens (including phenoxy) is 2. The van der Waals surface area contributed by atoms with Crippen molar-refractivity contribution in [1.82, 2.24) is 5.32 Å². The minimum absolute atomic E-state index is 0.235. The van der Waals surface area contributed by atoms with Crippen molar-refractivity contribution in [3.8, 4) is 11.5 Å². The first-order valence-electron chi connectivity index (χ1n) is 6.91. The molecule has 0 amide bonds. The van der Waals surface area contributed by atoms with Gasteiger partial charge in [0.05, 0.1) is 7.11 Å². The van der Waals surface area contributed by atoms with E-state index in [1.807, 2.05) is 51.1 Å². The molecular weight excluding hydrogens is 254 g/mol. The topological polar surface area (TPSA) is 50.7 Å². The van der Waals surface area contributed by atoms with Gasteiger partial charge in [0.2, 0.25) is 0 Å². The summed E-state index contributed by atoms with van der Waals surface area (Å²) in [5.74, 6) is 1.31. The SMILES string of the molecule is C/C=C/c1ccc(OC[C@@H](O)CNC(C)C)c(OC)c1. The van der Waals surface area contributed by atoms with Gasteiger partial charge in [0.15, 0.2) is 11.5 Å². The van der Waals surface area contributed by atoms with Crippen LogP contribution in [0.4, 0.5) is 0 Å². The van der Waals surface area contributed by atoms with Crippen LogP contribution in [0.15, 0.2) is 24.3 Å². The second-order valence-corrected chi connectivity index (χ2v) is 4.94. The minimum atomic E-state index is -0.544. The number of rotatable bonds is 8. The van der Waals surface area contributed by atoms with Gasteiger partial charge in [-0.25, -0.2) is 0 Å². The zero-order valence-electron chi connectivity index (χ0n) is 12.7. The van der Waals surface area contributed by atoms with Gasteiger partial charge in [-0.15, -0.1) is 0 Å². The average Bonchev–Trinajstić information content (AvgIpc) is 2.43. The summed E-state index contributed by atoms with van der Waals surface area (Å²) in [6.45, 7) is 6.79. The predicted molar refractivity (Wildman–Crippen MR) is 82.3 cm³/mol. The fourth-order valence-electron chi connectivity index (χ4n) is 1.72. The first kappa shape index (κ1) is 16.5. The normalized spacial score (nSPS) is 12.9.